The van der Waals surface area contributed by atoms with Gasteiger partial charge in [-0.15, -0.1) is 0 Å². The molecule has 0 saturated carbocycles. The summed E-state index contributed by atoms with van der Waals surface area (Å²) in [4.78, 5) is 26.5. The van der Waals surface area contributed by atoms with E-state index in [4.69, 9.17) is 20.3 Å². The molecule has 1 fully saturated rings. The fraction of sp³-hybridized carbons (Fsp3) is 0.529. The number of aromatic nitrogens is 3. The third-order valence-electron chi connectivity index (χ3n) is 3.46. The van der Waals surface area contributed by atoms with Crippen LogP contribution in [0.1, 0.15) is 34.1 Å². The monoisotopic (exact) mass is 337 g/mol. The van der Waals surface area contributed by atoms with E-state index in [2.05, 4.69) is 19.8 Å². The van der Waals surface area contributed by atoms with Gasteiger partial charge in [-0.2, -0.15) is 0 Å². The van der Waals surface area contributed by atoms with E-state index in [0.717, 1.165) is 18.9 Å². The smallest absolute Gasteiger partial charge is 0.302 e. The van der Waals surface area contributed by atoms with Gasteiger partial charge in [0.2, 0.25) is 0 Å². The van der Waals surface area contributed by atoms with E-state index in [0.29, 0.717) is 5.69 Å². The molecule has 7 heteroatoms. The summed E-state index contributed by atoms with van der Waals surface area (Å²) in [5.74, 6) is -4.14. The Kier molecular flexibility index (Phi) is 2.03. The van der Waals surface area contributed by atoms with E-state index in [1.54, 1.807) is 0 Å². The summed E-state index contributed by atoms with van der Waals surface area (Å²) in [7, 11) is 1.12. The molecule has 2 aromatic rings. The molecule has 1 aliphatic heterocycles. The van der Waals surface area contributed by atoms with Crippen LogP contribution in [0, 0.1) is 19.4 Å². The number of aromatic amines is 1. The predicted octanol–water partition coefficient (Wildman–Crippen LogP) is 1.86. The number of piperidine rings is 1. The normalized spacial score (nSPS) is 37.5. The molecular weight excluding hydrogens is 304 g/mol. The van der Waals surface area contributed by atoms with E-state index < -0.39 is 50.0 Å². The number of likely N-dealkylation sites (tertiary alicyclic amines) is 1. The first-order valence-electron chi connectivity index (χ1n) is 12.5. The van der Waals surface area contributed by atoms with Gasteiger partial charge in [-0.1, -0.05) is 6.92 Å². The van der Waals surface area contributed by atoms with Crippen LogP contribution < -0.4 is 4.90 Å². The van der Waals surface area contributed by atoms with Crippen molar-refractivity contribution in [3.8, 4) is 0 Å². The predicted molar refractivity (Wildman–Crippen MR) is 92.6 cm³/mol. The van der Waals surface area contributed by atoms with Crippen LogP contribution in [0.4, 0.5) is 5.82 Å². The molecule has 0 radical (unpaired) electrons. The molecule has 2 aromatic heterocycles. The van der Waals surface area contributed by atoms with Crippen LogP contribution in [0.25, 0.3) is 15.9 Å². The Labute approximate surface area is 157 Å². The van der Waals surface area contributed by atoms with Crippen molar-refractivity contribution in [2.45, 2.75) is 26.2 Å². The lowest BCUT2D eigenvalue weighted by molar-refractivity contribution is -0.130. The molecule has 1 amide bonds. The maximum atomic E-state index is 12.9. The number of amides is 1. The second-order valence-corrected chi connectivity index (χ2v) is 5.14. The highest BCUT2D eigenvalue weighted by Crippen LogP contribution is 2.29. The van der Waals surface area contributed by atoms with Gasteiger partial charge in [-0.05, 0) is 25.3 Å². The van der Waals surface area contributed by atoms with Crippen LogP contribution in [-0.4, -0.2) is 58.3 Å². The van der Waals surface area contributed by atoms with Gasteiger partial charge in [-0.25, -0.2) is 16.5 Å². The van der Waals surface area contributed by atoms with Gasteiger partial charge in [0.05, 0.1) is 16.9 Å². The highest BCUT2D eigenvalue weighted by Gasteiger charge is 2.33. The quantitative estimate of drug-likeness (QED) is 0.868. The number of nitrogens with one attached hydrogen (secondary N) is 1. The number of fused-ring (bicyclic) bond motifs is 1. The third-order valence-corrected chi connectivity index (χ3v) is 3.46. The number of anilines is 1. The number of H-pyrrole nitrogens is 1. The zero-order valence-electron chi connectivity index (χ0n) is 24.2. The minimum Gasteiger partial charge on any atom is -0.354 e. The zero-order chi connectivity index (χ0) is 27.1. The fourth-order valence-electron chi connectivity index (χ4n) is 2.33. The van der Waals surface area contributed by atoms with Crippen LogP contribution in [-0.2, 0) is 4.79 Å². The van der Waals surface area contributed by atoms with Gasteiger partial charge in [0.25, 0.3) is 6.50 Å². The molecule has 0 unspecified atom stereocenters. The zero-order valence-corrected chi connectivity index (χ0v) is 13.2. The summed E-state index contributed by atoms with van der Waals surface area (Å²) in [5.41, 5.74) is 0.347. The molecular formula is C17H22N6O. The lowest BCUT2D eigenvalue weighted by Gasteiger charge is -2.41. The summed E-state index contributed by atoms with van der Waals surface area (Å²) in [6.45, 7) is -0.804. The SMILES string of the molecule is [2H]c1nc(N(C)[C@]2([2H])[C@H](C)C([2H])([2H])C([2H])([2H])N(C(=O)C([2H])([2H])[N+]#[C-])C2([2H])[2H])c2c([2H])c(C)[nH]c2n1. The van der Waals surface area contributed by atoms with Crippen molar-refractivity contribution < 1.29 is 19.9 Å². The van der Waals surface area contributed by atoms with Crippen molar-refractivity contribution in [2.75, 3.05) is 31.4 Å². The Balaban J connectivity index is 2.37. The number of nitrogens with zero attached hydrogens (tertiary/aromatic N) is 5. The van der Waals surface area contributed by atoms with Crippen molar-refractivity contribution in [3.05, 3.63) is 29.5 Å². The highest BCUT2D eigenvalue weighted by atomic mass is 16.2. The van der Waals surface area contributed by atoms with Gasteiger partial charge in [-0.3, -0.25) is 4.79 Å². The second kappa shape index (κ2) is 6.48. The highest BCUT2D eigenvalue weighted by molar-refractivity contribution is 5.88. The van der Waals surface area contributed by atoms with Crippen molar-refractivity contribution in [1.82, 2.24) is 19.9 Å². The largest absolute Gasteiger partial charge is 0.354 e. The maximum Gasteiger partial charge on any atom is 0.302 e. The van der Waals surface area contributed by atoms with E-state index in [-0.39, 0.29) is 27.8 Å². The Morgan fingerprint density at radius 3 is 3.29 bits per heavy atom. The minimum absolute atomic E-state index is 0.0147. The van der Waals surface area contributed by atoms with E-state index in [1.807, 2.05) is 0 Å². The Morgan fingerprint density at radius 2 is 2.54 bits per heavy atom. The minimum atomic E-state index is -3.47. The first-order valence-corrected chi connectivity index (χ1v) is 7.02. The van der Waals surface area contributed by atoms with Crippen LogP contribution in [0.5, 0.6) is 0 Å². The molecule has 1 aliphatic rings. The van der Waals surface area contributed by atoms with Gasteiger partial charge in [0.15, 0.2) is 0 Å². The molecule has 3 rings (SSSR count). The van der Waals surface area contributed by atoms with Crippen molar-refractivity contribution in [1.29, 1.82) is 0 Å². The number of carbonyl (C=O) groups is 1. The summed E-state index contributed by atoms with van der Waals surface area (Å²) >= 11 is 0. The molecule has 24 heavy (non-hydrogen) atoms. The number of aryl methyl sites for hydroxylation is 1. The lowest BCUT2D eigenvalue weighted by atomic mass is 9.92. The standard InChI is InChI=1S/C17H22N6O/c1-11-5-6-23(15(24)8-18-3)9-14(11)22(4)17-13-7-12(2)21-16(13)19-10-20-17/h7,10-11,14H,5-6,8-9H2,1-2,4H3,(H,19,20,21)/t11-,14+/m1/s1/i5D2,6D2,7D,8D2,9D2,10D,14D. The lowest BCUT2D eigenvalue weighted by Crippen LogP contribution is -2.53. The Hall–Kier alpha value is -2.62. The molecule has 126 valence electrons. The summed E-state index contributed by atoms with van der Waals surface area (Å²) in [6.07, 6.45) is -3.69. The molecule has 2 atom stereocenters. The third kappa shape index (κ3) is 2.92. The number of hydrogen-bond donors (Lipinski definition) is 1. The van der Waals surface area contributed by atoms with Crippen LogP contribution >= 0.6 is 0 Å². The second-order valence-electron chi connectivity index (χ2n) is 5.14. The molecule has 0 aromatic carbocycles. The van der Waals surface area contributed by atoms with Crippen molar-refractivity contribution in [2.24, 2.45) is 5.92 Å². The maximum absolute atomic E-state index is 12.9. The Bertz CT molecular complexity index is 1260. The number of likely N-dealkylation sites (N-methyl/N-ethyl adjacent to an activating group) is 1. The molecule has 0 aliphatic carbocycles. The van der Waals surface area contributed by atoms with Crippen LogP contribution in [0.15, 0.2) is 12.3 Å². The fourth-order valence-corrected chi connectivity index (χ4v) is 2.33. The molecule has 7 nitrogen and oxygen atoms in total. The van der Waals surface area contributed by atoms with Crippen molar-refractivity contribution >= 4 is 22.8 Å². The Morgan fingerprint density at radius 1 is 1.75 bits per heavy atom. The summed E-state index contributed by atoms with van der Waals surface area (Å²) < 4.78 is 91.5. The van der Waals surface area contributed by atoms with E-state index in [9.17, 15) is 6.17 Å². The van der Waals surface area contributed by atoms with Crippen LogP contribution in [0.3, 0.4) is 0 Å². The van der Waals surface area contributed by atoms with E-state index >= 15 is 0 Å². The average molecular weight is 337 g/mol. The van der Waals surface area contributed by atoms with Gasteiger partial charge in [0, 0.05) is 31.2 Å². The summed E-state index contributed by atoms with van der Waals surface area (Å²) in [6, 6.07) is -3.02. The summed E-state index contributed by atoms with van der Waals surface area (Å²) in [5, 5.41) is -0.0147. The average Bonchev–Trinajstić information content (AvgIpc) is 3.03. The molecule has 3 heterocycles. The number of rotatable bonds is 3. The number of carbonyl (C=O) groups excluding carboxylic acids is 1. The number of hydrogen-bond acceptors (Lipinski definition) is 4. The van der Waals surface area contributed by atoms with Gasteiger partial charge < -0.3 is 19.6 Å². The molecule has 0 spiro atoms. The first-order chi connectivity index (χ1) is 15.7. The molecule has 0 bridgehead atoms. The van der Waals surface area contributed by atoms with Gasteiger partial charge >= 0.3 is 5.91 Å². The van der Waals surface area contributed by atoms with Crippen molar-refractivity contribution in [3.63, 3.8) is 0 Å². The topological polar surface area (TPSA) is 69.5 Å². The van der Waals surface area contributed by atoms with E-state index in [1.165, 1.54) is 6.92 Å². The van der Waals surface area contributed by atoms with Crippen LogP contribution in [0.2, 0.25) is 0 Å². The molecule has 1 saturated heterocycles. The molecule has 1 N–H and O–H groups in total. The van der Waals surface area contributed by atoms with Gasteiger partial charge in [0.1, 0.15) is 21.9 Å². The first kappa shape index (κ1) is 7.51.